The lowest BCUT2D eigenvalue weighted by molar-refractivity contribution is -0.137. The molecule has 0 unspecified atom stereocenters. The number of rotatable bonds is 6. The van der Waals surface area contributed by atoms with E-state index >= 15 is 0 Å². The monoisotopic (exact) mass is 504 g/mol. The summed E-state index contributed by atoms with van der Waals surface area (Å²) < 4.78 is 66.5. The first-order chi connectivity index (χ1) is 14.9. The van der Waals surface area contributed by atoms with Crippen molar-refractivity contribution in [1.29, 1.82) is 0 Å². The first kappa shape index (κ1) is 23.8. The zero-order valence-corrected chi connectivity index (χ0v) is 18.2. The highest BCUT2D eigenvalue weighted by Crippen LogP contribution is 2.36. The van der Waals surface area contributed by atoms with E-state index in [-0.39, 0.29) is 17.0 Å². The van der Waals surface area contributed by atoms with Crippen molar-refractivity contribution in [2.24, 2.45) is 0 Å². The van der Waals surface area contributed by atoms with Crippen LogP contribution in [0.4, 0.5) is 19.0 Å². The molecule has 3 rings (SSSR count). The van der Waals surface area contributed by atoms with E-state index in [1.807, 2.05) is 0 Å². The Balaban J connectivity index is 2.13. The maximum Gasteiger partial charge on any atom is 0.417 e. The molecule has 1 heterocycles. The molecule has 3 aromatic rings. The molecular weight excluding hydrogens is 492 g/mol. The zero-order valence-electron chi connectivity index (χ0n) is 15.8. The van der Waals surface area contributed by atoms with Crippen LogP contribution in [0.15, 0.2) is 65.7 Å². The molecule has 0 fully saturated rings. The molecule has 0 aliphatic rings. The molecule has 0 saturated carbocycles. The second kappa shape index (κ2) is 8.97. The van der Waals surface area contributed by atoms with E-state index < -0.39 is 38.6 Å². The minimum atomic E-state index is -4.72. The SMILES string of the molecule is O=C(O)c1ccc(S(=O)(=O)N(Cc2cccc(Cl)c2)c2ncc(C(F)(F)F)cc2Cl)cc1. The Morgan fingerprint density at radius 2 is 1.72 bits per heavy atom. The van der Waals surface area contributed by atoms with E-state index in [0.29, 0.717) is 22.8 Å². The topological polar surface area (TPSA) is 87.6 Å². The van der Waals surface area contributed by atoms with E-state index in [0.717, 1.165) is 28.6 Å². The van der Waals surface area contributed by atoms with Crippen molar-refractivity contribution in [3.05, 3.63) is 87.5 Å². The van der Waals surface area contributed by atoms with Gasteiger partial charge >= 0.3 is 12.1 Å². The number of sulfonamides is 1. The Labute approximate surface area is 190 Å². The summed E-state index contributed by atoms with van der Waals surface area (Å²) in [6.45, 7) is -0.346. The molecule has 2 aromatic carbocycles. The number of benzene rings is 2. The van der Waals surface area contributed by atoms with E-state index in [4.69, 9.17) is 28.3 Å². The van der Waals surface area contributed by atoms with Gasteiger partial charge in [0.05, 0.1) is 27.6 Å². The number of halogens is 5. The normalized spacial score (nSPS) is 11.9. The van der Waals surface area contributed by atoms with E-state index in [2.05, 4.69) is 4.98 Å². The smallest absolute Gasteiger partial charge is 0.417 e. The average Bonchev–Trinajstić information content (AvgIpc) is 2.71. The van der Waals surface area contributed by atoms with Gasteiger partial charge in [-0.2, -0.15) is 13.2 Å². The van der Waals surface area contributed by atoms with Crippen LogP contribution >= 0.6 is 23.2 Å². The largest absolute Gasteiger partial charge is 0.478 e. The molecule has 0 bridgehead atoms. The summed E-state index contributed by atoms with van der Waals surface area (Å²) in [4.78, 5) is 14.4. The van der Waals surface area contributed by atoms with E-state index in [1.54, 1.807) is 18.2 Å². The number of pyridine rings is 1. The molecule has 32 heavy (non-hydrogen) atoms. The van der Waals surface area contributed by atoms with Crippen molar-refractivity contribution < 1.29 is 31.5 Å². The second-order valence-electron chi connectivity index (χ2n) is 6.50. The van der Waals surface area contributed by atoms with Crippen LogP contribution in [-0.2, 0) is 22.7 Å². The molecule has 12 heteroatoms. The van der Waals surface area contributed by atoms with Crippen molar-refractivity contribution in [2.45, 2.75) is 17.6 Å². The maximum atomic E-state index is 13.4. The molecule has 0 saturated heterocycles. The lowest BCUT2D eigenvalue weighted by Gasteiger charge is -2.25. The number of carbonyl (C=O) groups is 1. The average molecular weight is 505 g/mol. The van der Waals surface area contributed by atoms with E-state index in [1.165, 1.54) is 6.07 Å². The van der Waals surface area contributed by atoms with Crippen LogP contribution in [0.25, 0.3) is 0 Å². The van der Waals surface area contributed by atoms with Gasteiger partial charge in [-0.05, 0) is 48.0 Å². The van der Waals surface area contributed by atoms with Gasteiger partial charge in [-0.3, -0.25) is 0 Å². The van der Waals surface area contributed by atoms with Crippen LogP contribution in [0, 0.1) is 0 Å². The fourth-order valence-electron chi connectivity index (χ4n) is 2.74. The summed E-state index contributed by atoms with van der Waals surface area (Å²) in [6.07, 6.45) is -4.24. The number of hydrogen-bond acceptors (Lipinski definition) is 4. The Bertz CT molecular complexity index is 1270. The predicted octanol–water partition coefficient (Wildman–Crippen LogP) is 5.50. The number of carboxylic acid groups (broad SMARTS) is 1. The molecule has 0 aliphatic heterocycles. The first-order valence-corrected chi connectivity index (χ1v) is 10.9. The third-order valence-corrected chi connectivity index (χ3v) is 6.55. The van der Waals surface area contributed by atoms with Crippen LogP contribution in [0.5, 0.6) is 0 Å². The molecule has 168 valence electrons. The fourth-order valence-corrected chi connectivity index (χ4v) is 4.70. The van der Waals surface area contributed by atoms with Crippen molar-refractivity contribution in [1.82, 2.24) is 4.98 Å². The van der Waals surface area contributed by atoms with Gasteiger partial charge in [0.1, 0.15) is 0 Å². The molecule has 6 nitrogen and oxygen atoms in total. The molecule has 0 spiro atoms. The minimum absolute atomic E-state index is 0.143. The third-order valence-electron chi connectivity index (χ3n) is 4.29. The lowest BCUT2D eigenvalue weighted by Crippen LogP contribution is -2.32. The number of hydrogen-bond donors (Lipinski definition) is 1. The van der Waals surface area contributed by atoms with Crippen LogP contribution in [-0.4, -0.2) is 24.5 Å². The number of aromatic nitrogens is 1. The highest BCUT2D eigenvalue weighted by Gasteiger charge is 2.34. The summed E-state index contributed by atoms with van der Waals surface area (Å²) in [5, 5.41) is 8.81. The zero-order chi connectivity index (χ0) is 23.7. The molecule has 0 amide bonds. The predicted molar refractivity (Wildman–Crippen MR) is 112 cm³/mol. The molecule has 0 atom stereocenters. The summed E-state index contributed by atoms with van der Waals surface area (Å²) in [6, 6.07) is 11.1. The maximum absolute atomic E-state index is 13.4. The van der Waals surface area contributed by atoms with E-state index in [9.17, 15) is 26.4 Å². The van der Waals surface area contributed by atoms with Gasteiger partial charge in [0.15, 0.2) is 5.82 Å². The highest BCUT2D eigenvalue weighted by atomic mass is 35.5. The number of carboxylic acids is 1. The van der Waals surface area contributed by atoms with Crippen LogP contribution in [0.2, 0.25) is 10.0 Å². The minimum Gasteiger partial charge on any atom is -0.478 e. The molecular formula is C20H13Cl2F3N2O4S. The number of anilines is 1. The van der Waals surface area contributed by atoms with Gasteiger partial charge in [0, 0.05) is 11.2 Å². The van der Waals surface area contributed by atoms with Crippen molar-refractivity contribution in [3.8, 4) is 0 Å². The summed E-state index contributed by atoms with van der Waals surface area (Å²) in [7, 11) is -4.41. The van der Waals surface area contributed by atoms with Gasteiger partial charge in [0.25, 0.3) is 10.0 Å². The van der Waals surface area contributed by atoms with Crippen molar-refractivity contribution in [3.63, 3.8) is 0 Å². The van der Waals surface area contributed by atoms with Gasteiger partial charge in [0.2, 0.25) is 0 Å². The lowest BCUT2D eigenvalue weighted by atomic mass is 10.2. The van der Waals surface area contributed by atoms with Gasteiger partial charge in [-0.25, -0.2) is 22.5 Å². The van der Waals surface area contributed by atoms with Crippen molar-refractivity contribution >= 4 is 45.0 Å². The third kappa shape index (κ3) is 5.14. The molecule has 1 N–H and O–H groups in total. The summed E-state index contributed by atoms with van der Waals surface area (Å²) >= 11 is 12.0. The quantitative estimate of drug-likeness (QED) is 0.478. The summed E-state index contributed by atoms with van der Waals surface area (Å²) in [5.41, 5.74) is -0.866. The van der Waals surface area contributed by atoms with Crippen LogP contribution in [0.3, 0.4) is 0 Å². The van der Waals surface area contributed by atoms with Gasteiger partial charge in [-0.15, -0.1) is 0 Å². The Hall–Kier alpha value is -2.82. The van der Waals surface area contributed by atoms with Gasteiger partial charge < -0.3 is 5.11 Å². The molecule has 1 aromatic heterocycles. The second-order valence-corrected chi connectivity index (χ2v) is 9.20. The number of alkyl halides is 3. The molecule has 0 radical (unpaired) electrons. The molecule has 0 aliphatic carbocycles. The highest BCUT2D eigenvalue weighted by molar-refractivity contribution is 7.92. The van der Waals surface area contributed by atoms with Crippen LogP contribution in [0.1, 0.15) is 21.5 Å². The summed E-state index contributed by atoms with van der Waals surface area (Å²) in [5.74, 6) is -1.68. The fraction of sp³-hybridized carbons (Fsp3) is 0.100. The van der Waals surface area contributed by atoms with Crippen LogP contribution < -0.4 is 4.31 Å². The van der Waals surface area contributed by atoms with Gasteiger partial charge in [-0.1, -0.05) is 35.3 Å². The Kier molecular flexibility index (Phi) is 6.68. The number of aromatic carboxylic acids is 1. The first-order valence-electron chi connectivity index (χ1n) is 8.73. The van der Waals surface area contributed by atoms with Crippen molar-refractivity contribution in [2.75, 3.05) is 4.31 Å². The standard InChI is InChI=1S/C20H13Cl2F3N2O4S/c21-15-3-1-2-12(8-15)11-27(18-17(22)9-14(10-26-18)20(23,24)25)32(30,31)16-6-4-13(5-7-16)19(28)29/h1-10H,11H2,(H,28,29). The Morgan fingerprint density at radius 1 is 1.06 bits per heavy atom. The number of nitrogens with zero attached hydrogens (tertiary/aromatic N) is 2. The Morgan fingerprint density at radius 3 is 2.25 bits per heavy atom.